The van der Waals surface area contributed by atoms with Gasteiger partial charge in [0.05, 0.1) is 19.3 Å². The summed E-state index contributed by atoms with van der Waals surface area (Å²) in [6.07, 6.45) is 3.87. The van der Waals surface area contributed by atoms with E-state index >= 15 is 0 Å². The summed E-state index contributed by atoms with van der Waals surface area (Å²) in [7, 11) is -1.57. The Balaban J connectivity index is 1.84. The van der Waals surface area contributed by atoms with Gasteiger partial charge in [-0.05, 0) is 39.1 Å². The first kappa shape index (κ1) is 17.3. The number of hydrogen-bond acceptors (Lipinski definition) is 2. The van der Waals surface area contributed by atoms with Crippen LogP contribution in [0.4, 0.5) is 0 Å². The molecule has 1 aliphatic heterocycles. The maximum absolute atomic E-state index is 6.41. The Morgan fingerprint density at radius 3 is 2.09 bits per heavy atom. The first-order chi connectivity index (χ1) is 10.7. The first-order valence-corrected chi connectivity index (χ1v) is 12.1. The summed E-state index contributed by atoms with van der Waals surface area (Å²) in [5, 5.41) is 1.56. The molecule has 3 rings (SSSR count). The lowest BCUT2D eigenvalue weighted by molar-refractivity contribution is 0.00578. The van der Waals surface area contributed by atoms with Gasteiger partial charge < -0.3 is 9.31 Å². The molecule has 1 saturated heterocycles. The Bertz CT molecular complexity index is 540. The van der Waals surface area contributed by atoms with Crippen LogP contribution in [0.25, 0.3) is 0 Å². The van der Waals surface area contributed by atoms with Gasteiger partial charge in [0, 0.05) is 0 Å². The van der Waals surface area contributed by atoms with Crippen LogP contribution < -0.4 is 5.19 Å². The third kappa shape index (κ3) is 2.94. The fourth-order valence-electron chi connectivity index (χ4n) is 4.36. The van der Waals surface area contributed by atoms with Crippen molar-refractivity contribution in [2.24, 2.45) is 0 Å². The molecule has 1 aromatic rings. The first-order valence-electron chi connectivity index (χ1n) is 9.06. The van der Waals surface area contributed by atoms with Gasteiger partial charge in [-0.1, -0.05) is 67.9 Å². The zero-order valence-electron chi connectivity index (χ0n) is 15.6. The van der Waals surface area contributed by atoms with Crippen molar-refractivity contribution in [1.82, 2.24) is 0 Å². The number of hydrogen-bond donors (Lipinski definition) is 0. The minimum absolute atomic E-state index is 0.0389. The van der Waals surface area contributed by atoms with E-state index in [-0.39, 0.29) is 18.3 Å². The Morgan fingerprint density at radius 2 is 1.52 bits per heavy atom. The van der Waals surface area contributed by atoms with Gasteiger partial charge in [0.2, 0.25) is 0 Å². The van der Waals surface area contributed by atoms with Gasteiger partial charge in [-0.2, -0.15) is 0 Å². The van der Waals surface area contributed by atoms with E-state index in [1.807, 2.05) is 0 Å². The Kier molecular flexibility index (Phi) is 4.31. The van der Waals surface area contributed by atoms with Crippen LogP contribution in [0.2, 0.25) is 24.5 Å². The van der Waals surface area contributed by atoms with E-state index in [0.717, 1.165) is 5.54 Å². The van der Waals surface area contributed by atoms with E-state index in [9.17, 15) is 0 Å². The van der Waals surface area contributed by atoms with Crippen LogP contribution in [-0.4, -0.2) is 26.4 Å². The normalized spacial score (nSPS) is 29.9. The third-order valence-electron chi connectivity index (χ3n) is 6.64. The third-order valence-corrected chi connectivity index (χ3v) is 11.0. The minimum atomic E-state index is -1.53. The second-order valence-electron chi connectivity index (χ2n) is 8.91. The standard InChI is InChI=1S/C19H31BO2Si/c1-18(2)19(3,4)22-20(21-18)16-13-10-14-17(16)23(5,6)15-11-8-7-9-12-15/h7-9,11-12,16-17H,10,13-14H2,1-6H3/t16-,17-/m1/s1. The average molecular weight is 330 g/mol. The predicted molar refractivity (Wildman–Crippen MR) is 101 cm³/mol. The molecular formula is C19H31BO2Si. The monoisotopic (exact) mass is 330 g/mol. The zero-order chi connectivity index (χ0) is 16.9. The summed E-state index contributed by atoms with van der Waals surface area (Å²) in [5.74, 6) is 0.540. The van der Waals surface area contributed by atoms with Gasteiger partial charge >= 0.3 is 7.12 Å². The molecule has 1 heterocycles. The molecular weight excluding hydrogens is 299 g/mol. The quantitative estimate of drug-likeness (QED) is 0.753. The number of rotatable bonds is 3. The fourth-order valence-corrected chi connectivity index (χ4v) is 8.16. The highest BCUT2D eigenvalue weighted by Crippen LogP contribution is 2.53. The molecule has 1 saturated carbocycles. The van der Waals surface area contributed by atoms with E-state index < -0.39 is 8.07 Å². The summed E-state index contributed by atoms with van der Waals surface area (Å²) in [5.41, 5.74) is 0.298. The van der Waals surface area contributed by atoms with Crippen LogP contribution >= 0.6 is 0 Å². The summed E-state index contributed by atoms with van der Waals surface area (Å²) in [6.45, 7) is 13.7. The lowest BCUT2D eigenvalue weighted by Gasteiger charge is -2.35. The fraction of sp³-hybridized carbons (Fsp3) is 0.684. The molecule has 1 aliphatic carbocycles. The van der Waals surface area contributed by atoms with Crippen LogP contribution in [0.15, 0.2) is 30.3 Å². The molecule has 0 amide bonds. The van der Waals surface area contributed by atoms with E-state index in [1.54, 1.807) is 5.19 Å². The zero-order valence-corrected chi connectivity index (χ0v) is 16.6. The van der Waals surface area contributed by atoms with Crippen LogP contribution in [0.1, 0.15) is 47.0 Å². The highest BCUT2D eigenvalue weighted by molar-refractivity contribution is 6.91. The predicted octanol–water partition coefficient (Wildman–Crippen LogP) is 4.62. The van der Waals surface area contributed by atoms with E-state index in [2.05, 4.69) is 71.1 Å². The van der Waals surface area contributed by atoms with Crippen molar-refractivity contribution >= 4 is 20.4 Å². The molecule has 0 unspecified atom stereocenters. The van der Waals surface area contributed by atoms with Crippen LogP contribution in [0.5, 0.6) is 0 Å². The molecule has 2 atom stereocenters. The molecule has 2 aliphatic rings. The molecule has 23 heavy (non-hydrogen) atoms. The van der Waals surface area contributed by atoms with Crippen molar-refractivity contribution in [2.45, 2.75) is 82.6 Å². The molecule has 0 spiro atoms. The molecule has 126 valence electrons. The largest absolute Gasteiger partial charge is 0.461 e. The second kappa shape index (κ2) is 5.75. The van der Waals surface area contributed by atoms with Crippen LogP contribution in [-0.2, 0) is 9.31 Å². The SMILES string of the molecule is CC1(C)OB([C@@H]2CCC[C@H]2[Si](C)(C)c2ccccc2)OC1(C)C. The van der Waals surface area contributed by atoms with Gasteiger partial charge in [-0.25, -0.2) is 0 Å². The summed E-state index contributed by atoms with van der Waals surface area (Å²) >= 11 is 0. The molecule has 0 bridgehead atoms. The summed E-state index contributed by atoms with van der Waals surface area (Å²) < 4.78 is 12.8. The van der Waals surface area contributed by atoms with E-state index in [1.165, 1.54) is 19.3 Å². The van der Waals surface area contributed by atoms with Crippen molar-refractivity contribution < 1.29 is 9.31 Å². The highest BCUT2D eigenvalue weighted by Gasteiger charge is 2.57. The maximum Gasteiger partial charge on any atom is 0.461 e. The Morgan fingerprint density at radius 1 is 0.957 bits per heavy atom. The smallest absolute Gasteiger partial charge is 0.403 e. The van der Waals surface area contributed by atoms with Gasteiger partial charge in [-0.3, -0.25) is 0 Å². The molecule has 2 nitrogen and oxygen atoms in total. The summed E-state index contributed by atoms with van der Waals surface area (Å²) in [4.78, 5) is 0. The van der Waals surface area contributed by atoms with Gasteiger partial charge in [0.25, 0.3) is 0 Å². The topological polar surface area (TPSA) is 18.5 Å². The van der Waals surface area contributed by atoms with Gasteiger partial charge in [-0.15, -0.1) is 0 Å². The van der Waals surface area contributed by atoms with Crippen LogP contribution in [0, 0.1) is 0 Å². The minimum Gasteiger partial charge on any atom is -0.403 e. The molecule has 0 N–H and O–H groups in total. The van der Waals surface area contributed by atoms with Crippen LogP contribution in [0.3, 0.4) is 0 Å². The average Bonchev–Trinajstić information content (AvgIpc) is 3.03. The lowest BCUT2D eigenvalue weighted by Crippen LogP contribution is -2.48. The van der Waals surface area contributed by atoms with Crippen molar-refractivity contribution in [2.75, 3.05) is 0 Å². The summed E-state index contributed by atoms with van der Waals surface area (Å²) in [6, 6.07) is 11.1. The van der Waals surface area contributed by atoms with Gasteiger partial charge in [0.1, 0.15) is 0 Å². The highest BCUT2D eigenvalue weighted by atomic mass is 28.3. The Hall–Kier alpha value is -0.578. The van der Waals surface area contributed by atoms with E-state index in [4.69, 9.17) is 9.31 Å². The molecule has 0 aromatic heterocycles. The van der Waals surface area contributed by atoms with E-state index in [0.29, 0.717) is 5.82 Å². The number of benzene rings is 1. The van der Waals surface area contributed by atoms with Crippen molar-refractivity contribution in [3.63, 3.8) is 0 Å². The van der Waals surface area contributed by atoms with Crippen molar-refractivity contribution in [3.8, 4) is 0 Å². The Labute approximate surface area is 143 Å². The molecule has 2 fully saturated rings. The maximum atomic E-state index is 6.41. The van der Waals surface area contributed by atoms with Gasteiger partial charge in [0.15, 0.2) is 0 Å². The molecule has 1 aromatic carbocycles. The lowest BCUT2D eigenvalue weighted by atomic mass is 9.70. The van der Waals surface area contributed by atoms with Crippen molar-refractivity contribution in [1.29, 1.82) is 0 Å². The molecule has 4 heteroatoms. The second-order valence-corrected chi connectivity index (χ2v) is 13.7. The molecule has 0 radical (unpaired) electrons. The van der Waals surface area contributed by atoms with Crippen molar-refractivity contribution in [3.05, 3.63) is 30.3 Å².